The molecule has 1 aromatic heterocycles. The van der Waals surface area contributed by atoms with Gasteiger partial charge >= 0.3 is 5.97 Å². The normalized spacial score (nSPS) is 12.1. The minimum absolute atomic E-state index is 0.432. The molecule has 0 amide bonds. The molecule has 0 aliphatic carbocycles. The molecule has 112 valence electrons. The second kappa shape index (κ2) is 5.73. The zero-order chi connectivity index (χ0) is 15.6. The average molecular weight is 307 g/mol. The summed E-state index contributed by atoms with van der Waals surface area (Å²) in [6.07, 6.45) is 6.22. The number of esters is 1. The summed E-state index contributed by atoms with van der Waals surface area (Å²) in [5, 5.41) is 0.870. The number of carbonyl (C=O) groups is 1. The van der Waals surface area contributed by atoms with Gasteiger partial charge in [-0.15, -0.1) is 0 Å². The molecule has 0 fully saturated rings. The van der Waals surface area contributed by atoms with E-state index in [2.05, 4.69) is 4.74 Å². The highest BCUT2D eigenvalue weighted by Gasteiger charge is 2.14. The molecule has 0 radical (unpaired) electrons. The maximum absolute atomic E-state index is 11.8. The molecule has 0 atom stereocenters. The van der Waals surface area contributed by atoms with Gasteiger partial charge in [-0.25, -0.2) is 17.2 Å². The standard InChI is InChI=1S/C15H17NO4S/c1-11-7-8-14-13(9-11)12(5-4-6-15(17)20-2)10-16(14)21(3,18)19/h4,6-10H,5H2,1-3H3/b6-4-. The smallest absolute Gasteiger partial charge is 0.330 e. The highest BCUT2D eigenvalue weighted by Crippen LogP contribution is 2.24. The molecule has 0 bridgehead atoms. The topological polar surface area (TPSA) is 65.4 Å². The van der Waals surface area contributed by atoms with Gasteiger partial charge in [-0.3, -0.25) is 0 Å². The van der Waals surface area contributed by atoms with Crippen LogP contribution in [0, 0.1) is 6.92 Å². The van der Waals surface area contributed by atoms with E-state index in [1.54, 1.807) is 18.3 Å². The Hall–Kier alpha value is -2.08. The molecule has 0 N–H and O–H groups in total. The van der Waals surface area contributed by atoms with Crippen LogP contribution in [0.15, 0.2) is 36.5 Å². The lowest BCUT2D eigenvalue weighted by Crippen LogP contribution is -2.08. The van der Waals surface area contributed by atoms with E-state index in [1.807, 2.05) is 19.1 Å². The van der Waals surface area contributed by atoms with Crippen molar-refractivity contribution in [3.05, 3.63) is 47.7 Å². The largest absolute Gasteiger partial charge is 0.466 e. The molecule has 0 saturated carbocycles. The van der Waals surface area contributed by atoms with Gasteiger partial charge in [0.15, 0.2) is 0 Å². The number of aromatic nitrogens is 1. The van der Waals surface area contributed by atoms with Crippen LogP contribution < -0.4 is 0 Å². The van der Waals surface area contributed by atoms with Crippen molar-refractivity contribution in [1.82, 2.24) is 3.97 Å². The Bertz CT molecular complexity index is 816. The average Bonchev–Trinajstić information content (AvgIpc) is 2.77. The first-order valence-electron chi connectivity index (χ1n) is 6.38. The third-order valence-electron chi connectivity index (χ3n) is 3.16. The van der Waals surface area contributed by atoms with E-state index in [0.717, 1.165) is 16.5 Å². The highest BCUT2D eigenvalue weighted by atomic mass is 32.2. The number of nitrogens with zero attached hydrogens (tertiary/aromatic N) is 1. The van der Waals surface area contributed by atoms with Gasteiger partial charge in [0.25, 0.3) is 0 Å². The third kappa shape index (κ3) is 3.33. The number of hydrogen-bond acceptors (Lipinski definition) is 4. The number of ether oxygens (including phenoxy) is 1. The zero-order valence-electron chi connectivity index (χ0n) is 12.2. The number of allylic oxidation sites excluding steroid dienone is 1. The Morgan fingerprint density at radius 2 is 2.10 bits per heavy atom. The van der Waals surface area contributed by atoms with Gasteiger partial charge in [-0.1, -0.05) is 17.7 Å². The molecule has 1 aromatic carbocycles. The number of rotatable bonds is 4. The number of aryl methyl sites for hydroxylation is 1. The molecule has 0 aliphatic heterocycles. The molecule has 21 heavy (non-hydrogen) atoms. The summed E-state index contributed by atoms with van der Waals surface area (Å²) in [7, 11) is -2.06. The number of fused-ring (bicyclic) bond motifs is 1. The summed E-state index contributed by atoms with van der Waals surface area (Å²) in [6.45, 7) is 1.95. The van der Waals surface area contributed by atoms with Crippen LogP contribution >= 0.6 is 0 Å². The maximum atomic E-state index is 11.8. The lowest BCUT2D eigenvalue weighted by atomic mass is 10.1. The maximum Gasteiger partial charge on any atom is 0.330 e. The van der Waals surface area contributed by atoms with E-state index in [-0.39, 0.29) is 0 Å². The lowest BCUT2D eigenvalue weighted by Gasteiger charge is -2.01. The number of methoxy groups -OCH3 is 1. The van der Waals surface area contributed by atoms with Gasteiger partial charge in [0.1, 0.15) is 0 Å². The van der Waals surface area contributed by atoms with E-state index >= 15 is 0 Å². The van der Waals surface area contributed by atoms with Gasteiger partial charge < -0.3 is 4.74 Å². The molecule has 1 heterocycles. The third-order valence-corrected chi connectivity index (χ3v) is 4.18. The van der Waals surface area contributed by atoms with E-state index in [1.165, 1.54) is 23.4 Å². The lowest BCUT2D eigenvalue weighted by molar-refractivity contribution is -0.134. The van der Waals surface area contributed by atoms with Gasteiger partial charge in [-0.05, 0) is 31.0 Å². The summed E-state index contributed by atoms with van der Waals surface area (Å²) < 4.78 is 29.5. The Morgan fingerprint density at radius 1 is 1.38 bits per heavy atom. The summed E-state index contributed by atoms with van der Waals surface area (Å²) in [5.41, 5.74) is 2.54. The van der Waals surface area contributed by atoms with Crippen molar-refractivity contribution in [1.29, 1.82) is 0 Å². The predicted molar refractivity (Wildman–Crippen MR) is 81.8 cm³/mol. The van der Waals surface area contributed by atoms with Gasteiger partial charge in [-0.2, -0.15) is 0 Å². The first kappa shape index (κ1) is 15.3. The molecule has 2 rings (SSSR count). The van der Waals surface area contributed by atoms with Crippen molar-refractivity contribution in [3.63, 3.8) is 0 Å². The minimum atomic E-state index is -3.37. The van der Waals surface area contributed by atoms with Crippen molar-refractivity contribution in [2.75, 3.05) is 13.4 Å². The van der Waals surface area contributed by atoms with Crippen LogP contribution in [0.25, 0.3) is 10.9 Å². The summed E-state index contributed by atoms with van der Waals surface area (Å²) >= 11 is 0. The van der Waals surface area contributed by atoms with Crippen molar-refractivity contribution in [2.45, 2.75) is 13.3 Å². The van der Waals surface area contributed by atoms with E-state index in [4.69, 9.17) is 0 Å². The molecular formula is C15H17NO4S. The molecule has 5 nitrogen and oxygen atoms in total. The fourth-order valence-corrected chi connectivity index (χ4v) is 3.00. The van der Waals surface area contributed by atoms with Crippen LogP contribution in [0.3, 0.4) is 0 Å². The molecule has 0 saturated heterocycles. The van der Waals surface area contributed by atoms with Crippen LogP contribution in [0.1, 0.15) is 11.1 Å². The van der Waals surface area contributed by atoms with Gasteiger partial charge in [0, 0.05) is 17.7 Å². The van der Waals surface area contributed by atoms with Crippen LogP contribution in [0.5, 0.6) is 0 Å². The van der Waals surface area contributed by atoms with Crippen molar-refractivity contribution in [3.8, 4) is 0 Å². The monoisotopic (exact) mass is 307 g/mol. The van der Waals surface area contributed by atoms with Gasteiger partial charge in [0.05, 0.1) is 18.9 Å². The fraction of sp³-hybridized carbons (Fsp3) is 0.267. The summed E-state index contributed by atoms with van der Waals surface area (Å²) in [4.78, 5) is 11.1. The van der Waals surface area contributed by atoms with E-state index in [9.17, 15) is 13.2 Å². The number of carbonyl (C=O) groups excluding carboxylic acids is 1. The fourth-order valence-electron chi connectivity index (χ4n) is 2.17. The second-order valence-electron chi connectivity index (χ2n) is 4.86. The Balaban J connectivity index is 2.51. The Labute approximate surface area is 123 Å². The van der Waals surface area contributed by atoms with Crippen LogP contribution in [0.2, 0.25) is 0 Å². The van der Waals surface area contributed by atoms with Crippen molar-refractivity contribution >= 4 is 26.9 Å². The highest BCUT2D eigenvalue weighted by molar-refractivity contribution is 7.89. The van der Waals surface area contributed by atoms with Crippen molar-refractivity contribution in [2.24, 2.45) is 0 Å². The SMILES string of the molecule is COC(=O)/C=C\Cc1cn(S(C)(=O)=O)c2ccc(C)cc12. The first-order chi connectivity index (χ1) is 9.82. The van der Waals surface area contributed by atoms with E-state index in [0.29, 0.717) is 11.9 Å². The number of hydrogen-bond donors (Lipinski definition) is 0. The molecule has 0 unspecified atom stereocenters. The van der Waals surface area contributed by atoms with Crippen LogP contribution in [0.4, 0.5) is 0 Å². The zero-order valence-corrected chi connectivity index (χ0v) is 13.0. The summed E-state index contributed by atoms with van der Waals surface area (Å²) in [6, 6.07) is 5.61. The van der Waals surface area contributed by atoms with Gasteiger partial charge in [0.2, 0.25) is 10.0 Å². The summed E-state index contributed by atoms with van der Waals surface area (Å²) in [5.74, 6) is -0.432. The predicted octanol–water partition coefficient (Wildman–Crippen LogP) is 2.03. The second-order valence-corrected chi connectivity index (χ2v) is 6.72. The van der Waals surface area contributed by atoms with Crippen molar-refractivity contribution < 1.29 is 17.9 Å². The number of benzene rings is 1. The van der Waals surface area contributed by atoms with Crippen LogP contribution in [-0.4, -0.2) is 31.7 Å². The first-order valence-corrected chi connectivity index (χ1v) is 8.23. The van der Waals surface area contributed by atoms with Crippen LogP contribution in [-0.2, 0) is 26.0 Å². The van der Waals surface area contributed by atoms with E-state index < -0.39 is 16.0 Å². The molecular weight excluding hydrogens is 290 g/mol. The minimum Gasteiger partial charge on any atom is -0.466 e. The quantitative estimate of drug-likeness (QED) is 0.640. The molecule has 2 aromatic rings. The Kier molecular flexibility index (Phi) is 4.18. The molecule has 0 spiro atoms. The Morgan fingerprint density at radius 3 is 2.71 bits per heavy atom. The molecule has 6 heteroatoms. The molecule has 0 aliphatic rings.